The minimum absolute atomic E-state index is 0.0550. The lowest BCUT2D eigenvalue weighted by molar-refractivity contribution is -0.143. The van der Waals surface area contributed by atoms with Crippen LogP contribution in [0.3, 0.4) is 0 Å². The van der Waals surface area contributed by atoms with Crippen LogP contribution in [-0.2, 0) is 33.3 Å². The standard InChI is InChI=1S/C24H26F6N2O4S/c1-13(2)35-22(34)36-32-7-5-6-19(21-20(32)14(3)12-37-21)31(15(4)33)11-16-8-17(23(25,26)27)10-18(9-16)24(28,29)30/h8-10,12-13,19H,5-7,11H2,1-4H3. The molecule has 204 valence electrons. The average molecular weight is 553 g/mol. The van der Waals surface area contributed by atoms with Gasteiger partial charge in [0, 0.05) is 13.5 Å². The summed E-state index contributed by atoms with van der Waals surface area (Å²) in [6, 6.07) is 0.642. The normalized spacial score (nSPS) is 16.3. The minimum atomic E-state index is -5.00. The number of nitrogens with zero attached hydrogens (tertiary/aromatic N) is 2. The van der Waals surface area contributed by atoms with Crippen molar-refractivity contribution in [2.45, 2.75) is 71.6 Å². The van der Waals surface area contributed by atoms with Gasteiger partial charge in [0.25, 0.3) is 0 Å². The van der Waals surface area contributed by atoms with E-state index in [9.17, 15) is 35.9 Å². The van der Waals surface area contributed by atoms with Crippen LogP contribution in [0.2, 0.25) is 0 Å². The molecule has 1 atom stereocenters. The molecule has 1 aromatic carbocycles. The van der Waals surface area contributed by atoms with Gasteiger partial charge in [-0.1, -0.05) is 0 Å². The van der Waals surface area contributed by atoms with Gasteiger partial charge in [-0.2, -0.15) is 26.3 Å². The maximum atomic E-state index is 13.4. The fraction of sp³-hybridized carbons (Fsp3) is 0.500. The van der Waals surface area contributed by atoms with Gasteiger partial charge in [0.1, 0.15) is 0 Å². The molecule has 0 bridgehead atoms. The molecule has 1 unspecified atom stereocenters. The summed E-state index contributed by atoms with van der Waals surface area (Å²) in [5.41, 5.74) is -1.95. The van der Waals surface area contributed by atoms with E-state index in [1.165, 1.54) is 28.2 Å². The highest BCUT2D eigenvalue weighted by Crippen LogP contribution is 2.44. The lowest BCUT2D eigenvalue weighted by Crippen LogP contribution is -2.32. The van der Waals surface area contributed by atoms with Crippen molar-refractivity contribution in [2.75, 3.05) is 11.6 Å². The van der Waals surface area contributed by atoms with Crippen LogP contribution in [0.5, 0.6) is 0 Å². The average Bonchev–Trinajstić information content (AvgIpc) is 3.04. The van der Waals surface area contributed by atoms with Crippen LogP contribution in [0.15, 0.2) is 23.6 Å². The summed E-state index contributed by atoms with van der Waals surface area (Å²) in [5.74, 6) is -0.526. The van der Waals surface area contributed by atoms with Crippen LogP contribution in [0.25, 0.3) is 0 Å². The molecule has 1 aliphatic heterocycles. The molecule has 1 amide bonds. The van der Waals surface area contributed by atoms with Crippen molar-refractivity contribution in [1.29, 1.82) is 0 Å². The molecule has 0 aliphatic carbocycles. The molecular formula is C24H26F6N2O4S. The van der Waals surface area contributed by atoms with Crippen molar-refractivity contribution in [1.82, 2.24) is 4.90 Å². The molecule has 2 aromatic rings. The number of alkyl halides is 6. The summed E-state index contributed by atoms with van der Waals surface area (Å²) >= 11 is 1.26. The van der Waals surface area contributed by atoms with Crippen molar-refractivity contribution >= 4 is 29.1 Å². The number of hydrogen-bond acceptors (Lipinski definition) is 6. The smallest absolute Gasteiger partial charge is 0.430 e. The van der Waals surface area contributed by atoms with Crippen molar-refractivity contribution in [3.05, 3.63) is 50.7 Å². The van der Waals surface area contributed by atoms with Crippen molar-refractivity contribution < 1.29 is 45.5 Å². The number of benzene rings is 1. The summed E-state index contributed by atoms with van der Waals surface area (Å²) in [4.78, 5) is 32.1. The van der Waals surface area contributed by atoms with Gasteiger partial charge < -0.3 is 14.5 Å². The zero-order chi connectivity index (χ0) is 27.7. The Morgan fingerprint density at radius 2 is 1.70 bits per heavy atom. The van der Waals surface area contributed by atoms with E-state index in [1.54, 1.807) is 26.2 Å². The van der Waals surface area contributed by atoms with E-state index in [-0.39, 0.29) is 18.2 Å². The molecule has 0 radical (unpaired) electrons. The second-order valence-corrected chi connectivity index (χ2v) is 9.87. The lowest BCUT2D eigenvalue weighted by atomic mass is 10.0. The third kappa shape index (κ3) is 6.88. The van der Waals surface area contributed by atoms with E-state index in [4.69, 9.17) is 9.57 Å². The second-order valence-electron chi connectivity index (χ2n) is 8.96. The zero-order valence-electron chi connectivity index (χ0n) is 20.5. The highest BCUT2D eigenvalue weighted by Gasteiger charge is 2.38. The van der Waals surface area contributed by atoms with Crippen LogP contribution in [0.1, 0.15) is 66.8 Å². The quantitative estimate of drug-likeness (QED) is 0.289. The largest absolute Gasteiger partial charge is 0.533 e. The summed E-state index contributed by atoms with van der Waals surface area (Å²) in [7, 11) is 0. The monoisotopic (exact) mass is 552 g/mol. The third-order valence-electron chi connectivity index (χ3n) is 5.66. The highest BCUT2D eigenvalue weighted by atomic mass is 32.1. The summed E-state index contributed by atoms with van der Waals surface area (Å²) in [6.45, 7) is 6.06. The Labute approximate surface area is 213 Å². The van der Waals surface area contributed by atoms with Gasteiger partial charge in [-0.05, 0) is 68.3 Å². The van der Waals surface area contributed by atoms with Crippen molar-refractivity contribution in [3.63, 3.8) is 0 Å². The van der Waals surface area contributed by atoms with Gasteiger partial charge in [-0.3, -0.25) is 4.79 Å². The van der Waals surface area contributed by atoms with E-state index in [1.807, 2.05) is 0 Å². The first kappa shape index (κ1) is 28.6. The third-order valence-corrected chi connectivity index (χ3v) is 6.85. The highest BCUT2D eigenvalue weighted by molar-refractivity contribution is 7.10. The number of carbonyl (C=O) groups excluding carboxylic acids is 2. The molecule has 13 heteroatoms. The second kappa shape index (κ2) is 10.8. The van der Waals surface area contributed by atoms with Gasteiger partial charge in [-0.15, -0.1) is 11.3 Å². The molecule has 1 aromatic heterocycles. The number of amides is 1. The predicted molar refractivity (Wildman–Crippen MR) is 124 cm³/mol. The number of thiophene rings is 1. The number of ether oxygens (including phenoxy) is 1. The minimum Gasteiger partial charge on any atom is -0.430 e. The lowest BCUT2D eigenvalue weighted by Gasteiger charge is -2.31. The van der Waals surface area contributed by atoms with Gasteiger partial charge >= 0.3 is 18.5 Å². The number of anilines is 1. The first-order chi connectivity index (χ1) is 17.1. The Morgan fingerprint density at radius 3 is 2.22 bits per heavy atom. The SMILES string of the molecule is CC(=O)N(Cc1cc(C(F)(F)F)cc(C(F)(F)F)c1)C1CCCN(OC(=O)OC(C)C)c2c(C)csc21. The van der Waals surface area contributed by atoms with Crippen LogP contribution in [0.4, 0.5) is 36.8 Å². The number of hydroxylamine groups is 1. The molecule has 37 heavy (non-hydrogen) atoms. The van der Waals surface area contributed by atoms with Gasteiger partial charge in [0.15, 0.2) is 0 Å². The molecule has 2 heterocycles. The molecule has 0 fully saturated rings. The fourth-order valence-corrected chi connectivity index (χ4v) is 5.32. The number of aryl methyl sites for hydroxylation is 1. The Bertz CT molecular complexity index is 1110. The van der Waals surface area contributed by atoms with Crippen LogP contribution >= 0.6 is 11.3 Å². The fourth-order valence-electron chi connectivity index (χ4n) is 4.13. The Balaban J connectivity index is 2.00. The Hall–Kier alpha value is -2.96. The van der Waals surface area contributed by atoms with E-state index >= 15 is 0 Å². The molecular weight excluding hydrogens is 526 g/mol. The first-order valence-electron chi connectivity index (χ1n) is 11.4. The molecule has 0 saturated carbocycles. The topological polar surface area (TPSA) is 59.1 Å². The summed E-state index contributed by atoms with van der Waals surface area (Å²) in [6.07, 6.45) is -10.6. The van der Waals surface area contributed by atoms with E-state index in [0.717, 1.165) is 5.56 Å². The van der Waals surface area contributed by atoms with E-state index in [2.05, 4.69) is 0 Å². The summed E-state index contributed by atoms with van der Waals surface area (Å²) in [5, 5.41) is 3.13. The molecule has 6 nitrogen and oxygen atoms in total. The number of carbonyl (C=O) groups is 2. The number of fused-ring (bicyclic) bond motifs is 1. The maximum absolute atomic E-state index is 13.4. The Morgan fingerprint density at radius 1 is 1.11 bits per heavy atom. The maximum Gasteiger partial charge on any atom is 0.533 e. The molecule has 0 saturated heterocycles. The zero-order valence-corrected chi connectivity index (χ0v) is 21.3. The van der Waals surface area contributed by atoms with Crippen LogP contribution < -0.4 is 5.06 Å². The van der Waals surface area contributed by atoms with Crippen LogP contribution in [-0.4, -0.2) is 29.6 Å². The van der Waals surface area contributed by atoms with Gasteiger partial charge in [0.05, 0.1) is 40.4 Å². The van der Waals surface area contributed by atoms with Gasteiger partial charge in [-0.25, -0.2) is 9.86 Å². The number of halogens is 6. The van der Waals surface area contributed by atoms with Crippen LogP contribution in [0, 0.1) is 6.92 Å². The first-order valence-corrected chi connectivity index (χ1v) is 12.3. The molecule has 0 N–H and O–H groups in total. The van der Waals surface area contributed by atoms with Crippen molar-refractivity contribution in [3.8, 4) is 0 Å². The molecule has 1 aliphatic rings. The van der Waals surface area contributed by atoms with E-state index < -0.39 is 54.2 Å². The Kier molecular flexibility index (Phi) is 8.35. The molecule has 3 rings (SSSR count). The molecule has 0 spiro atoms. The predicted octanol–water partition coefficient (Wildman–Crippen LogP) is 7.26. The number of hydrogen-bond donors (Lipinski definition) is 0. The van der Waals surface area contributed by atoms with Gasteiger partial charge in [0.2, 0.25) is 5.91 Å². The van der Waals surface area contributed by atoms with Crippen molar-refractivity contribution in [2.24, 2.45) is 0 Å². The number of rotatable bonds is 5. The van der Waals surface area contributed by atoms with E-state index in [0.29, 0.717) is 35.5 Å². The summed E-state index contributed by atoms with van der Waals surface area (Å²) < 4.78 is 85.2.